The highest BCUT2D eigenvalue weighted by atomic mass is 16.5. The summed E-state index contributed by atoms with van der Waals surface area (Å²) in [5.41, 5.74) is 6.58. The van der Waals surface area contributed by atoms with Gasteiger partial charge in [0, 0.05) is 25.3 Å². The lowest BCUT2D eigenvalue weighted by atomic mass is 10.0. The first kappa shape index (κ1) is 11.4. The Morgan fingerprint density at radius 1 is 1.50 bits per heavy atom. The molecule has 0 atom stereocenters. The van der Waals surface area contributed by atoms with Gasteiger partial charge in [0.25, 0.3) is 0 Å². The average Bonchev–Trinajstić information content (AvgIpc) is 2.24. The van der Waals surface area contributed by atoms with Gasteiger partial charge in [-0.3, -0.25) is 9.88 Å². The number of nitrogens with zero attached hydrogens (tertiary/aromatic N) is 2. The van der Waals surface area contributed by atoms with E-state index in [4.69, 9.17) is 10.5 Å². The molecule has 0 aliphatic carbocycles. The van der Waals surface area contributed by atoms with Crippen molar-refractivity contribution < 1.29 is 4.74 Å². The van der Waals surface area contributed by atoms with Crippen molar-refractivity contribution in [2.45, 2.75) is 6.92 Å². The van der Waals surface area contributed by atoms with Crippen LogP contribution < -0.4 is 10.5 Å². The second kappa shape index (κ2) is 5.27. The molecule has 16 heavy (non-hydrogen) atoms. The Hall–Kier alpha value is -1.13. The highest BCUT2D eigenvalue weighted by molar-refractivity contribution is 5.18. The second-order valence-corrected chi connectivity index (χ2v) is 4.35. The molecule has 0 saturated carbocycles. The van der Waals surface area contributed by atoms with Gasteiger partial charge in [0.1, 0.15) is 12.4 Å². The predicted molar refractivity (Wildman–Crippen MR) is 63.5 cm³/mol. The summed E-state index contributed by atoms with van der Waals surface area (Å²) in [6, 6.07) is 3.92. The molecular weight excluding hydrogens is 202 g/mol. The number of aryl methyl sites for hydroxylation is 1. The van der Waals surface area contributed by atoms with Gasteiger partial charge in [0.2, 0.25) is 0 Å². The summed E-state index contributed by atoms with van der Waals surface area (Å²) < 4.78 is 5.60. The molecule has 0 radical (unpaired) electrons. The minimum absolute atomic E-state index is 0.695. The van der Waals surface area contributed by atoms with Gasteiger partial charge < -0.3 is 10.5 Å². The van der Waals surface area contributed by atoms with E-state index in [2.05, 4.69) is 9.88 Å². The van der Waals surface area contributed by atoms with Crippen LogP contribution >= 0.6 is 0 Å². The monoisotopic (exact) mass is 221 g/mol. The molecule has 4 nitrogen and oxygen atoms in total. The summed E-state index contributed by atoms with van der Waals surface area (Å²) >= 11 is 0. The summed E-state index contributed by atoms with van der Waals surface area (Å²) in [6.07, 6.45) is 1.77. The van der Waals surface area contributed by atoms with Gasteiger partial charge in [-0.25, -0.2) is 0 Å². The van der Waals surface area contributed by atoms with Gasteiger partial charge in [-0.05, 0) is 31.5 Å². The minimum Gasteiger partial charge on any atom is -0.491 e. The largest absolute Gasteiger partial charge is 0.491 e. The third-order valence-electron chi connectivity index (χ3n) is 2.93. The topological polar surface area (TPSA) is 51.4 Å². The molecule has 2 rings (SSSR count). The third-order valence-corrected chi connectivity index (χ3v) is 2.93. The minimum atomic E-state index is 0.695. The maximum Gasteiger partial charge on any atom is 0.137 e. The Bertz CT molecular complexity index is 320. The van der Waals surface area contributed by atoms with Crippen LogP contribution in [0.15, 0.2) is 18.3 Å². The van der Waals surface area contributed by atoms with Gasteiger partial charge in [0.15, 0.2) is 0 Å². The van der Waals surface area contributed by atoms with Crippen molar-refractivity contribution in [2.24, 2.45) is 11.7 Å². The van der Waals surface area contributed by atoms with E-state index in [9.17, 15) is 0 Å². The molecule has 1 saturated heterocycles. The standard InChI is InChI=1S/C12H19N3O/c1-10-2-3-12(7-14-10)16-5-4-15-8-11(6-13)9-15/h2-3,7,11H,4-6,8-9,13H2,1H3. The van der Waals surface area contributed by atoms with Gasteiger partial charge >= 0.3 is 0 Å². The van der Waals surface area contributed by atoms with Crippen molar-refractivity contribution in [3.05, 3.63) is 24.0 Å². The molecule has 1 aromatic rings. The van der Waals surface area contributed by atoms with E-state index in [-0.39, 0.29) is 0 Å². The lowest BCUT2D eigenvalue weighted by Crippen LogP contribution is -2.50. The lowest BCUT2D eigenvalue weighted by molar-refractivity contribution is 0.0874. The molecule has 1 fully saturated rings. The van der Waals surface area contributed by atoms with Gasteiger partial charge in [-0.1, -0.05) is 0 Å². The van der Waals surface area contributed by atoms with Crippen LogP contribution in [0.3, 0.4) is 0 Å². The van der Waals surface area contributed by atoms with Crippen LogP contribution in [0.25, 0.3) is 0 Å². The Morgan fingerprint density at radius 2 is 2.31 bits per heavy atom. The van der Waals surface area contributed by atoms with Crippen molar-refractivity contribution in [1.29, 1.82) is 0 Å². The van der Waals surface area contributed by atoms with Crippen LogP contribution in [-0.4, -0.2) is 42.7 Å². The molecule has 2 N–H and O–H groups in total. The molecule has 0 aromatic carbocycles. The molecule has 0 unspecified atom stereocenters. The van der Waals surface area contributed by atoms with Gasteiger partial charge in [0.05, 0.1) is 6.20 Å². The van der Waals surface area contributed by atoms with Gasteiger partial charge in [-0.2, -0.15) is 0 Å². The quantitative estimate of drug-likeness (QED) is 0.793. The molecule has 0 amide bonds. The molecule has 4 heteroatoms. The van der Waals surface area contributed by atoms with E-state index in [1.807, 2.05) is 19.1 Å². The number of pyridine rings is 1. The van der Waals surface area contributed by atoms with Crippen LogP contribution in [0, 0.1) is 12.8 Å². The Kier molecular flexibility index (Phi) is 3.74. The van der Waals surface area contributed by atoms with Crippen LogP contribution in [-0.2, 0) is 0 Å². The number of nitrogens with two attached hydrogens (primary N) is 1. The van der Waals surface area contributed by atoms with Crippen molar-refractivity contribution in [2.75, 3.05) is 32.8 Å². The molecule has 1 aliphatic heterocycles. The Morgan fingerprint density at radius 3 is 2.94 bits per heavy atom. The van der Waals surface area contributed by atoms with Gasteiger partial charge in [-0.15, -0.1) is 0 Å². The summed E-state index contributed by atoms with van der Waals surface area (Å²) in [5.74, 6) is 1.54. The summed E-state index contributed by atoms with van der Waals surface area (Å²) in [6.45, 7) is 6.71. The Labute approximate surface area is 96.4 Å². The highest BCUT2D eigenvalue weighted by Crippen LogP contribution is 2.13. The third kappa shape index (κ3) is 2.93. The van der Waals surface area contributed by atoms with E-state index < -0.39 is 0 Å². The van der Waals surface area contributed by atoms with Crippen LogP contribution in [0.2, 0.25) is 0 Å². The summed E-state index contributed by atoms with van der Waals surface area (Å²) in [7, 11) is 0. The molecule has 2 heterocycles. The van der Waals surface area contributed by atoms with Crippen molar-refractivity contribution in [3.8, 4) is 5.75 Å². The zero-order chi connectivity index (χ0) is 11.4. The van der Waals surface area contributed by atoms with E-state index in [0.29, 0.717) is 5.92 Å². The second-order valence-electron chi connectivity index (χ2n) is 4.35. The number of ether oxygens (including phenoxy) is 1. The zero-order valence-corrected chi connectivity index (χ0v) is 9.72. The predicted octanol–water partition coefficient (Wildman–Crippen LogP) is 0.659. The molecule has 88 valence electrons. The van der Waals surface area contributed by atoms with Crippen molar-refractivity contribution >= 4 is 0 Å². The van der Waals surface area contributed by atoms with E-state index in [0.717, 1.165) is 44.2 Å². The lowest BCUT2D eigenvalue weighted by Gasteiger charge is -2.38. The first-order valence-corrected chi connectivity index (χ1v) is 5.76. The highest BCUT2D eigenvalue weighted by Gasteiger charge is 2.24. The molecule has 0 bridgehead atoms. The average molecular weight is 221 g/mol. The van der Waals surface area contributed by atoms with Crippen LogP contribution in [0.4, 0.5) is 0 Å². The van der Waals surface area contributed by atoms with E-state index >= 15 is 0 Å². The normalized spacial score (nSPS) is 17.1. The summed E-state index contributed by atoms with van der Waals surface area (Å²) in [5, 5.41) is 0. The first-order valence-electron chi connectivity index (χ1n) is 5.76. The van der Waals surface area contributed by atoms with E-state index in [1.54, 1.807) is 6.20 Å². The fourth-order valence-corrected chi connectivity index (χ4v) is 1.84. The number of rotatable bonds is 5. The first-order chi connectivity index (χ1) is 7.78. The van der Waals surface area contributed by atoms with Crippen LogP contribution in [0.1, 0.15) is 5.69 Å². The van der Waals surface area contributed by atoms with Crippen molar-refractivity contribution in [1.82, 2.24) is 9.88 Å². The fourth-order valence-electron chi connectivity index (χ4n) is 1.84. The molecule has 1 aromatic heterocycles. The van der Waals surface area contributed by atoms with Crippen molar-refractivity contribution in [3.63, 3.8) is 0 Å². The molecular formula is C12H19N3O. The van der Waals surface area contributed by atoms with Crippen LogP contribution in [0.5, 0.6) is 5.75 Å². The van der Waals surface area contributed by atoms with E-state index in [1.165, 1.54) is 0 Å². The number of aromatic nitrogens is 1. The zero-order valence-electron chi connectivity index (χ0n) is 9.72. The smallest absolute Gasteiger partial charge is 0.137 e. The fraction of sp³-hybridized carbons (Fsp3) is 0.583. The Balaban J connectivity index is 1.63. The molecule has 0 spiro atoms. The summed E-state index contributed by atoms with van der Waals surface area (Å²) in [4.78, 5) is 6.54. The number of hydrogen-bond donors (Lipinski definition) is 1. The SMILES string of the molecule is Cc1ccc(OCCN2CC(CN)C2)cn1. The maximum atomic E-state index is 5.60. The molecule has 1 aliphatic rings. The number of hydrogen-bond acceptors (Lipinski definition) is 4. The number of likely N-dealkylation sites (tertiary alicyclic amines) is 1. The maximum absolute atomic E-state index is 5.60.